The van der Waals surface area contributed by atoms with Gasteiger partial charge in [0.15, 0.2) is 11.5 Å². The third kappa shape index (κ3) is 3.49. The molecule has 0 atom stereocenters. The molecule has 2 heterocycles. The minimum absolute atomic E-state index is 0.632. The number of nitrogens with one attached hydrogen (secondary N) is 1. The van der Waals surface area contributed by atoms with Gasteiger partial charge in [0.05, 0.1) is 12.5 Å². The molecule has 3 rings (SSSR count). The highest BCUT2D eigenvalue weighted by Gasteiger charge is 2.11. The highest BCUT2D eigenvalue weighted by molar-refractivity contribution is 7.99. The first-order valence-corrected chi connectivity index (χ1v) is 7.64. The third-order valence-electron chi connectivity index (χ3n) is 2.97. The molecule has 106 valence electrons. The Morgan fingerprint density at radius 1 is 1.10 bits per heavy atom. The van der Waals surface area contributed by atoms with Crippen LogP contribution in [0.5, 0.6) is 11.5 Å². The highest BCUT2D eigenvalue weighted by Crippen LogP contribution is 2.33. The van der Waals surface area contributed by atoms with Crippen LogP contribution in [0.2, 0.25) is 0 Å². The molecule has 0 saturated carbocycles. The fourth-order valence-electron chi connectivity index (χ4n) is 1.98. The van der Waals surface area contributed by atoms with Crippen molar-refractivity contribution in [1.29, 1.82) is 0 Å². The zero-order valence-corrected chi connectivity index (χ0v) is 11.9. The molecule has 1 N–H and O–H groups in total. The summed E-state index contributed by atoms with van der Waals surface area (Å²) in [5, 5.41) is 3.38. The lowest BCUT2D eigenvalue weighted by Gasteiger charge is -2.18. The van der Waals surface area contributed by atoms with E-state index in [1.54, 1.807) is 12.5 Å². The summed E-state index contributed by atoms with van der Waals surface area (Å²) < 4.78 is 16.1. The summed E-state index contributed by atoms with van der Waals surface area (Å²) in [4.78, 5) is 1.21. The van der Waals surface area contributed by atoms with E-state index in [-0.39, 0.29) is 0 Å². The van der Waals surface area contributed by atoms with Crippen molar-refractivity contribution in [3.05, 3.63) is 42.4 Å². The van der Waals surface area contributed by atoms with Gasteiger partial charge < -0.3 is 19.2 Å². The minimum atomic E-state index is 0.632. The van der Waals surface area contributed by atoms with Gasteiger partial charge in [-0.3, -0.25) is 0 Å². The fourth-order valence-corrected chi connectivity index (χ4v) is 2.82. The number of thioether (sulfide) groups is 1. The maximum Gasteiger partial charge on any atom is 0.162 e. The van der Waals surface area contributed by atoms with Gasteiger partial charge in [0.25, 0.3) is 0 Å². The first-order chi connectivity index (χ1) is 9.92. The Hall–Kier alpha value is -1.59. The number of fused-ring (bicyclic) bond motifs is 1. The predicted octanol–water partition coefficient (Wildman–Crippen LogP) is 2.93. The van der Waals surface area contributed by atoms with E-state index in [2.05, 4.69) is 17.4 Å². The van der Waals surface area contributed by atoms with Crippen LogP contribution in [-0.2, 0) is 6.54 Å². The first kappa shape index (κ1) is 13.4. The molecule has 20 heavy (non-hydrogen) atoms. The van der Waals surface area contributed by atoms with Crippen LogP contribution >= 0.6 is 11.8 Å². The second-order valence-corrected chi connectivity index (χ2v) is 5.63. The van der Waals surface area contributed by atoms with Crippen LogP contribution < -0.4 is 14.8 Å². The summed E-state index contributed by atoms with van der Waals surface area (Å²) in [6.07, 6.45) is 3.46. The summed E-state index contributed by atoms with van der Waals surface area (Å²) >= 11 is 1.81. The second kappa shape index (κ2) is 6.72. The molecular formula is C15H17NO3S. The molecule has 4 nitrogen and oxygen atoms in total. The van der Waals surface area contributed by atoms with Gasteiger partial charge in [-0.1, -0.05) is 0 Å². The van der Waals surface area contributed by atoms with Crippen LogP contribution in [-0.4, -0.2) is 25.5 Å². The van der Waals surface area contributed by atoms with Crippen molar-refractivity contribution in [3.63, 3.8) is 0 Å². The van der Waals surface area contributed by atoms with Gasteiger partial charge in [-0.15, -0.1) is 11.8 Å². The van der Waals surface area contributed by atoms with Crippen molar-refractivity contribution in [2.24, 2.45) is 0 Å². The van der Waals surface area contributed by atoms with Crippen LogP contribution in [0.1, 0.15) is 5.56 Å². The van der Waals surface area contributed by atoms with Crippen molar-refractivity contribution in [2.75, 3.05) is 25.5 Å². The maximum absolute atomic E-state index is 5.58. The van der Waals surface area contributed by atoms with Crippen molar-refractivity contribution in [2.45, 2.75) is 11.4 Å². The van der Waals surface area contributed by atoms with E-state index in [1.807, 2.05) is 23.9 Å². The van der Waals surface area contributed by atoms with Gasteiger partial charge in [0.1, 0.15) is 13.2 Å². The first-order valence-electron chi connectivity index (χ1n) is 6.66. The molecule has 1 aromatic carbocycles. The lowest BCUT2D eigenvalue weighted by atomic mass is 10.3. The number of benzene rings is 1. The van der Waals surface area contributed by atoms with E-state index in [1.165, 1.54) is 10.5 Å². The van der Waals surface area contributed by atoms with Crippen molar-refractivity contribution in [1.82, 2.24) is 5.32 Å². The summed E-state index contributed by atoms with van der Waals surface area (Å²) in [5.74, 6) is 2.71. The number of ether oxygens (including phenoxy) is 2. The monoisotopic (exact) mass is 291 g/mol. The van der Waals surface area contributed by atoms with Gasteiger partial charge >= 0.3 is 0 Å². The molecule has 0 aliphatic carbocycles. The molecule has 0 saturated heterocycles. The van der Waals surface area contributed by atoms with Gasteiger partial charge in [0, 0.05) is 29.3 Å². The molecule has 0 amide bonds. The molecule has 0 radical (unpaired) electrons. The van der Waals surface area contributed by atoms with Crippen molar-refractivity contribution >= 4 is 11.8 Å². The molecule has 0 unspecified atom stereocenters. The summed E-state index contributed by atoms with van der Waals surface area (Å²) in [5.41, 5.74) is 1.18. The zero-order chi connectivity index (χ0) is 13.6. The third-order valence-corrected chi connectivity index (χ3v) is 3.97. The Balaban J connectivity index is 1.42. The molecule has 1 aliphatic rings. The van der Waals surface area contributed by atoms with Crippen molar-refractivity contribution < 1.29 is 13.9 Å². The SMILES string of the molecule is c1cc(CNCCSc2ccc3c(c2)OCCO3)co1. The van der Waals surface area contributed by atoms with E-state index in [0.717, 1.165) is 30.3 Å². The quantitative estimate of drug-likeness (QED) is 0.655. The molecule has 0 bridgehead atoms. The minimum Gasteiger partial charge on any atom is -0.486 e. The Morgan fingerprint density at radius 3 is 2.85 bits per heavy atom. The molecule has 5 heteroatoms. The van der Waals surface area contributed by atoms with Crippen LogP contribution in [0.4, 0.5) is 0 Å². The number of furan rings is 1. The van der Waals surface area contributed by atoms with Crippen LogP contribution in [0.15, 0.2) is 46.1 Å². The number of hydrogen-bond acceptors (Lipinski definition) is 5. The van der Waals surface area contributed by atoms with Crippen LogP contribution in [0, 0.1) is 0 Å². The van der Waals surface area contributed by atoms with Gasteiger partial charge in [-0.25, -0.2) is 0 Å². The Labute approximate surface area is 122 Å². The average molecular weight is 291 g/mol. The molecular weight excluding hydrogens is 274 g/mol. The van der Waals surface area contributed by atoms with Crippen LogP contribution in [0.25, 0.3) is 0 Å². The van der Waals surface area contributed by atoms with E-state index < -0.39 is 0 Å². The number of rotatable bonds is 6. The Bertz CT molecular complexity index is 542. The van der Waals surface area contributed by atoms with E-state index in [4.69, 9.17) is 13.9 Å². The van der Waals surface area contributed by atoms with Gasteiger partial charge in [0.2, 0.25) is 0 Å². The second-order valence-electron chi connectivity index (χ2n) is 4.46. The molecule has 1 aromatic heterocycles. The molecule has 2 aromatic rings. The van der Waals surface area contributed by atoms with Crippen molar-refractivity contribution in [3.8, 4) is 11.5 Å². The summed E-state index contributed by atoms with van der Waals surface area (Å²) in [7, 11) is 0. The standard InChI is InChI=1S/C15H17NO3S/c1-2-14-15(19-7-6-18-14)9-13(1)20-8-4-16-10-12-3-5-17-11-12/h1-3,5,9,11,16H,4,6-8,10H2. The topological polar surface area (TPSA) is 43.6 Å². The molecule has 0 fully saturated rings. The Morgan fingerprint density at radius 2 is 2.00 bits per heavy atom. The predicted molar refractivity (Wildman–Crippen MR) is 78.6 cm³/mol. The smallest absolute Gasteiger partial charge is 0.162 e. The van der Waals surface area contributed by atoms with Gasteiger partial charge in [-0.2, -0.15) is 0 Å². The fraction of sp³-hybridized carbons (Fsp3) is 0.333. The van der Waals surface area contributed by atoms with Crippen LogP contribution in [0.3, 0.4) is 0 Å². The average Bonchev–Trinajstić information content (AvgIpc) is 3.00. The molecule has 1 aliphatic heterocycles. The van der Waals surface area contributed by atoms with Gasteiger partial charge in [-0.05, 0) is 24.3 Å². The van der Waals surface area contributed by atoms with E-state index in [0.29, 0.717) is 13.2 Å². The summed E-state index contributed by atoms with van der Waals surface area (Å²) in [6.45, 7) is 3.06. The lowest BCUT2D eigenvalue weighted by Crippen LogP contribution is -2.16. The normalized spacial score (nSPS) is 13.4. The number of hydrogen-bond donors (Lipinski definition) is 1. The lowest BCUT2D eigenvalue weighted by molar-refractivity contribution is 0.171. The maximum atomic E-state index is 5.58. The Kier molecular flexibility index (Phi) is 4.50. The molecule has 0 spiro atoms. The largest absolute Gasteiger partial charge is 0.486 e. The summed E-state index contributed by atoms with van der Waals surface area (Å²) in [6, 6.07) is 8.08. The highest BCUT2D eigenvalue weighted by atomic mass is 32.2. The zero-order valence-electron chi connectivity index (χ0n) is 11.1. The van der Waals surface area contributed by atoms with E-state index >= 15 is 0 Å². The van der Waals surface area contributed by atoms with E-state index in [9.17, 15) is 0 Å².